The molecule has 0 saturated carbocycles. The van der Waals surface area contributed by atoms with Crippen LogP contribution in [0.15, 0.2) is 10.4 Å². The number of amides is 1. The molecule has 0 aliphatic rings. The van der Waals surface area contributed by atoms with Crippen LogP contribution in [0.1, 0.15) is 0 Å². The first-order valence-corrected chi connectivity index (χ1v) is 8.66. The van der Waals surface area contributed by atoms with Gasteiger partial charge in [0.15, 0.2) is 9.34 Å². The molecule has 0 spiro atoms. The highest BCUT2D eigenvalue weighted by Gasteiger charge is 2.19. The average molecular weight is 331 g/mol. The first kappa shape index (κ1) is 15.9. The second-order valence-electron chi connectivity index (χ2n) is 3.49. The first-order chi connectivity index (χ1) is 8.50. The van der Waals surface area contributed by atoms with Gasteiger partial charge in [-0.3, -0.25) is 4.79 Å². The minimum absolute atomic E-state index is 0.136. The van der Waals surface area contributed by atoms with Gasteiger partial charge in [-0.1, -0.05) is 15.2 Å². The van der Waals surface area contributed by atoms with Crippen LogP contribution < -0.4 is 5.32 Å². The van der Waals surface area contributed by atoms with Crippen molar-refractivity contribution in [3.05, 3.63) is 6.20 Å². The van der Waals surface area contributed by atoms with Gasteiger partial charge in [0.05, 0.1) is 19.0 Å². The summed E-state index contributed by atoms with van der Waals surface area (Å²) >= 11 is 0.429. The highest BCUT2D eigenvalue weighted by atomic mass is 32.3. The van der Waals surface area contributed by atoms with E-state index in [0.717, 1.165) is 16.8 Å². The molecule has 0 fully saturated rings. The van der Waals surface area contributed by atoms with Crippen LogP contribution in [0.2, 0.25) is 0 Å². The third kappa shape index (κ3) is 4.81. The van der Waals surface area contributed by atoms with Crippen LogP contribution in [-0.2, 0) is 25.0 Å². The third-order valence-corrected chi connectivity index (χ3v) is 5.31. The molecule has 8 nitrogen and oxygen atoms in total. The number of thiazole rings is 1. The van der Waals surface area contributed by atoms with Gasteiger partial charge in [0, 0.05) is 7.05 Å². The number of hydrogen-bond acceptors (Lipinski definition) is 7. The van der Waals surface area contributed by atoms with Crippen LogP contribution in [0.5, 0.6) is 0 Å². The Labute approximate surface area is 113 Å². The second-order valence-corrected chi connectivity index (χ2v) is 8.18. The summed E-state index contributed by atoms with van der Waals surface area (Å²) in [5, 5.41) is 2.03. The second kappa shape index (κ2) is 5.48. The van der Waals surface area contributed by atoms with Crippen LogP contribution in [0.25, 0.3) is 0 Å². The monoisotopic (exact) mass is 331 g/mol. The maximum atomic E-state index is 12.6. The fraction of sp³-hybridized carbons (Fsp3) is 0.429. The number of hydrogen-bond donors (Lipinski definition) is 1. The van der Waals surface area contributed by atoms with E-state index in [4.69, 9.17) is 0 Å². The topological polar surface area (TPSA) is 114 Å². The summed E-state index contributed by atoms with van der Waals surface area (Å²) in [5.74, 6) is -0.718. The lowest BCUT2D eigenvalue weighted by Crippen LogP contribution is -2.34. The van der Waals surface area contributed by atoms with Crippen molar-refractivity contribution in [3.8, 4) is 0 Å². The molecule has 0 saturated heterocycles. The highest BCUT2D eigenvalue weighted by molar-refractivity contribution is 7.88. The first-order valence-electron chi connectivity index (χ1n) is 4.62. The largest absolute Gasteiger partial charge is 0.343 e. The average Bonchev–Trinajstić information content (AvgIpc) is 2.63. The van der Waals surface area contributed by atoms with Gasteiger partial charge in [-0.25, -0.2) is 13.4 Å². The van der Waals surface area contributed by atoms with Gasteiger partial charge >= 0.3 is 10.2 Å². The van der Waals surface area contributed by atoms with Gasteiger partial charge in [-0.15, -0.1) is 0 Å². The molecule has 1 amide bonds. The maximum Gasteiger partial charge on any atom is 0.343 e. The number of likely N-dealkylation sites (N-methyl/N-ethyl adjacent to an activating group) is 1. The van der Waals surface area contributed by atoms with Crippen LogP contribution >= 0.6 is 11.3 Å². The van der Waals surface area contributed by atoms with E-state index in [1.165, 1.54) is 7.05 Å². The molecule has 0 radical (unpaired) electrons. The molecule has 0 unspecified atom stereocenters. The number of halogens is 1. The quantitative estimate of drug-likeness (QED) is 0.737. The Bertz CT molecular complexity index is 681. The van der Waals surface area contributed by atoms with E-state index in [1.54, 1.807) is 0 Å². The predicted molar refractivity (Wildman–Crippen MR) is 66.5 cm³/mol. The zero-order chi connectivity index (χ0) is 14.8. The normalized spacial score (nSPS) is 12.6. The van der Waals surface area contributed by atoms with E-state index in [2.05, 4.69) is 10.3 Å². The van der Waals surface area contributed by atoms with E-state index in [1.807, 2.05) is 0 Å². The Kier molecular flexibility index (Phi) is 4.60. The summed E-state index contributed by atoms with van der Waals surface area (Å²) in [4.78, 5) is 14.9. The van der Waals surface area contributed by atoms with Gasteiger partial charge in [0.2, 0.25) is 15.9 Å². The van der Waals surface area contributed by atoms with Crippen molar-refractivity contribution < 1.29 is 25.5 Å². The minimum atomic E-state index is -4.87. The summed E-state index contributed by atoms with van der Waals surface area (Å²) in [7, 11) is -7.17. The van der Waals surface area contributed by atoms with E-state index in [9.17, 15) is 25.5 Å². The molecule has 1 aromatic heterocycles. The number of aromatic nitrogens is 1. The van der Waals surface area contributed by atoms with Crippen molar-refractivity contribution in [3.63, 3.8) is 0 Å². The lowest BCUT2D eigenvalue weighted by atomic mass is 10.6. The van der Waals surface area contributed by atoms with E-state index >= 15 is 0 Å². The molecule has 108 valence electrons. The molecule has 1 heterocycles. The van der Waals surface area contributed by atoms with E-state index in [0.29, 0.717) is 11.3 Å². The Morgan fingerprint density at radius 1 is 1.47 bits per heavy atom. The molecule has 0 aromatic carbocycles. The van der Waals surface area contributed by atoms with Crippen molar-refractivity contribution in [1.82, 2.24) is 9.29 Å². The highest BCUT2D eigenvalue weighted by Crippen LogP contribution is 2.24. The van der Waals surface area contributed by atoms with Crippen LogP contribution in [-0.4, -0.2) is 51.9 Å². The molecular weight excluding hydrogens is 321 g/mol. The van der Waals surface area contributed by atoms with Crippen molar-refractivity contribution in [1.29, 1.82) is 0 Å². The van der Waals surface area contributed by atoms with Crippen LogP contribution in [0.3, 0.4) is 0 Å². The number of nitrogens with zero attached hydrogens (tertiary/aromatic N) is 2. The fourth-order valence-corrected chi connectivity index (χ4v) is 2.64. The van der Waals surface area contributed by atoms with Gasteiger partial charge in [-0.2, -0.15) is 12.7 Å². The van der Waals surface area contributed by atoms with Gasteiger partial charge in [0.25, 0.3) is 0 Å². The molecule has 0 bridgehead atoms. The number of anilines is 1. The lowest BCUT2D eigenvalue weighted by Gasteiger charge is -2.12. The Morgan fingerprint density at radius 2 is 2.05 bits per heavy atom. The molecule has 1 rings (SSSR count). The molecule has 19 heavy (non-hydrogen) atoms. The number of nitrogens with one attached hydrogen (secondary N) is 1. The number of rotatable bonds is 5. The molecule has 1 aromatic rings. The Morgan fingerprint density at radius 3 is 2.47 bits per heavy atom. The molecule has 1 N–H and O–H groups in total. The van der Waals surface area contributed by atoms with Crippen LogP contribution in [0.4, 0.5) is 9.02 Å². The third-order valence-electron chi connectivity index (χ3n) is 1.90. The fourth-order valence-electron chi connectivity index (χ4n) is 0.908. The standard InChI is InChI=1S/C7H10FN3O5S3/c1-11(18(2,13)14)4-5(12)10-7-9-3-6(17-7)19(8,15)16/h3H,4H2,1-2H3,(H,9,10,12). The number of sulfonamides is 1. The molecule has 0 aliphatic heterocycles. The van der Waals surface area contributed by atoms with E-state index < -0.39 is 36.9 Å². The van der Waals surface area contributed by atoms with Crippen LogP contribution in [0, 0.1) is 0 Å². The van der Waals surface area contributed by atoms with Crippen molar-refractivity contribution in [2.24, 2.45) is 0 Å². The van der Waals surface area contributed by atoms with Crippen molar-refractivity contribution in [2.75, 3.05) is 25.2 Å². The molecule has 0 aliphatic carbocycles. The summed E-state index contributed by atoms with van der Waals surface area (Å²) in [6.45, 7) is -0.462. The van der Waals surface area contributed by atoms with Crippen molar-refractivity contribution >= 4 is 42.6 Å². The summed E-state index contributed by atoms with van der Waals surface area (Å²) in [6.07, 6.45) is 1.69. The number of carbonyl (C=O) groups is 1. The van der Waals surface area contributed by atoms with E-state index in [-0.39, 0.29) is 5.13 Å². The maximum absolute atomic E-state index is 12.6. The summed E-state index contributed by atoms with van der Waals surface area (Å²) < 4.78 is 55.9. The Hall–Kier alpha value is -1.11. The van der Waals surface area contributed by atoms with Gasteiger partial charge < -0.3 is 5.32 Å². The summed E-state index contributed by atoms with van der Waals surface area (Å²) in [5.41, 5.74) is 0. The smallest absolute Gasteiger partial charge is 0.301 e. The summed E-state index contributed by atoms with van der Waals surface area (Å²) in [6, 6.07) is 0. The number of carbonyl (C=O) groups excluding carboxylic acids is 1. The Balaban J connectivity index is 2.71. The SMILES string of the molecule is CN(CC(=O)Nc1ncc(S(=O)(=O)F)s1)S(C)(=O)=O. The molecule has 0 atom stereocenters. The molecular formula is C7H10FN3O5S3. The van der Waals surface area contributed by atoms with Crippen molar-refractivity contribution in [2.45, 2.75) is 4.21 Å². The van der Waals surface area contributed by atoms with Gasteiger partial charge in [0.1, 0.15) is 0 Å². The van der Waals surface area contributed by atoms with Gasteiger partial charge in [-0.05, 0) is 0 Å². The lowest BCUT2D eigenvalue weighted by molar-refractivity contribution is -0.116. The predicted octanol–water partition coefficient (Wildman–Crippen LogP) is -0.369. The molecule has 12 heteroatoms. The minimum Gasteiger partial charge on any atom is -0.301 e. The zero-order valence-corrected chi connectivity index (χ0v) is 12.3. The zero-order valence-electron chi connectivity index (χ0n) is 9.82.